The molecule has 0 spiro atoms. The molecule has 1 saturated carbocycles. The van der Waals surface area contributed by atoms with Crippen molar-refractivity contribution in [3.63, 3.8) is 0 Å². The van der Waals surface area contributed by atoms with Crippen molar-refractivity contribution in [3.05, 3.63) is 39.9 Å². The maximum Gasteiger partial charge on any atom is 0.307 e. The first kappa shape index (κ1) is 21.4. The van der Waals surface area contributed by atoms with E-state index in [0.717, 1.165) is 18.2 Å². The quantitative estimate of drug-likeness (QED) is 0.428. The summed E-state index contributed by atoms with van der Waals surface area (Å²) in [7, 11) is 0. The minimum absolute atomic E-state index is 0.138. The molecule has 0 aliphatic heterocycles. The number of hydrogen-bond acceptors (Lipinski definition) is 6. The van der Waals surface area contributed by atoms with E-state index in [2.05, 4.69) is 0 Å². The second-order valence-corrected chi connectivity index (χ2v) is 6.86. The van der Waals surface area contributed by atoms with Crippen molar-refractivity contribution in [1.29, 1.82) is 0 Å². The molecule has 4 atom stereocenters. The summed E-state index contributed by atoms with van der Waals surface area (Å²) in [6.07, 6.45) is -1.64. The molecule has 0 aromatic heterocycles. The molecule has 1 aromatic rings. The first-order valence-corrected chi connectivity index (χ1v) is 8.69. The maximum atomic E-state index is 13.6. The van der Waals surface area contributed by atoms with Gasteiger partial charge in [0, 0.05) is 23.2 Å². The topological polar surface area (TPSA) is 116 Å². The summed E-state index contributed by atoms with van der Waals surface area (Å²) in [5.74, 6) is -5.76. The van der Waals surface area contributed by atoms with Crippen molar-refractivity contribution in [2.24, 2.45) is 17.8 Å². The van der Waals surface area contributed by atoms with Gasteiger partial charge in [0.15, 0.2) is 6.10 Å². The number of hydrogen-bond donors (Lipinski definition) is 1. The molecule has 0 unspecified atom stereocenters. The summed E-state index contributed by atoms with van der Waals surface area (Å²) >= 11 is 0. The third kappa shape index (κ3) is 5.08. The predicted octanol–water partition coefficient (Wildman–Crippen LogP) is 2.34. The molecule has 0 heterocycles. The van der Waals surface area contributed by atoms with Crippen LogP contribution >= 0.6 is 0 Å². The van der Waals surface area contributed by atoms with Crippen LogP contribution in [0.5, 0.6) is 0 Å². The van der Waals surface area contributed by atoms with Crippen molar-refractivity contribution in [2.75, 3.05) is 11.9 Å². The molecule has 10 heteroatoms. The molecular formula is C18H20F2N2O6. The number of ether oxygens (including phenoxy) is 1. The van der Waals surface area contributed by atoms with Gasteiger partial charge in [0.25, 0.3) is 5.91 Å². The van der Waals surface area contributed by atoms with Gasteiger partial charge in [-0.1, -0.05) is 13.0 Å². The summed E-state index contributed by atoms with van der Waals surface area (Å²) in [5.41, 5.74) is -0.666. The van der Waals surface area contributed by atoms with E-state index in [0.29, 0.717) is 0 Å². The van der Waals surface area contributed by atoms with Gasteiger partial charge in [0.2, 0.25) is 6.54 Å². The lowest BCUT2D eigenvalue weighted by molar-refractivity contribution is -0.490. The Kier molecular flexibility index (Phi) is 6.76. The van der Waals surface area contributed by atoms with Crippen LogP contribution in [0.4, 0.5) is 14.5 Å². The molecule has 1 aromatic carbocycles. The van der Waals surface area contributed by atoms with E-state index in [9.17, 15) is 33.3 Å². The average Bonchev–Trinajstić information content (AvgIpc) is 2.84. The van der Waals surface area contributed by atoms with Gasteiger partial charge in [-0.15, -0.1) is 0 Å². The molecule has 0 radical (unpaired) electrons. The number of Topliss-reactive ketones (excluding diaryl/α,β-unsaturated/α-hetero) is 1. The van der Waals surface area contributed by atoms with E-state index >= 15 is 0 Å². The highest BCUT2D eigenvalue weighted by Crippen LogP contribution is 2.36. The highest BCUT2D eigenvalue weighted by atomic mass is 19.1. The van der Waals surface area contributed by atoms with E-state index in [1.807, 2.05) is 5.32 Å². The number of nitrogens with one attached hydrogen (secondary N) is 1. The van der Waals surface area contributed by atoms with Gasteiger partial charge in [0.05, 0.1) is 6.42 Å². The molecule has 0 bridgehead atoms. The van der Waals surface area contributed by atoms with Gasteiger partial charge in [0.1, 0.15) is 23.1 Å². The molecular weight excluding hydrogens is 378 g/mol. The minimum atomic E-state index is -1.38. The molecule has 28 heavy (non-hydrogen) atoms. The van der Waals surface area contributed by atoms with E-state index in [-0.39, 0.29) is 18.1 Å². The first-order chi connectivity index (χ1) is 13.1. The molecule has 152 valence electrons. The predicted molar refractivity (Wildman–Crippen MR) is 92.8 cm³/mol. The van der Waals surface area contributed by atoms with Gasteiger partial charge in [-0.05, 0) is 25.0 Å². The molecule has 2 rings (SSSR count). The monoisotopic (exact) mass is 398 g/mol. The van der Waals surface area contributed by atoms with E-state index < -0.39 is 65.0 Å². The lowest BCUT2D eigenvalue weighted by Gasteiger charge is -2.19. The average molecular weight is 398 g/mol. The van der Waals surface area contributed by atoms with Gasteiger partial charge in [-0.25, -0.2) is 8.78 Å². The lowest BCUT2D eigenvalue weighted by atomic mass is 9.88. The van der Waals surface area contributed by atoms with Crippen molar-refractivity contribution >= 4 is 23.3 Å². The number of nitro groups is 1. The number of ketones is 1. The van der Waals surface area contributed by atoms with Crippen LogP contribution in [0, 0.1) is 39.5 Å². The number of benzene rings is 1. The molecule has 1 aliphatic rings. The number of rotatable bonds is 7. The Bertz CT molecular complexity index is 780. The first-order valence-electron chi connectivity index (χ1n) is 8.69. The largest absolute Gasteiger partial charge is 0.453 e. The Balaban J connectivity index is 1.97. The van der Waals surface area contributed by atoms with Crippen molar-refractivity contribution in [2.45, 2.75) is 32.8 Å². The Hall–Kier alpha value is -2.91. The maximum absolute atomic E-state index is 13.6. The Morgan fingerprint density at radius 1 is 1.36 bits per heavy atom. The van der Waals surface area contributed by atoms with E-state index in [1.165, 1.54) is 6.92 Å². The van der Waals surface area contributed by atoms with Crippen molar-refractivity contribution in [3.8, 4) is 0 Å². The Labute approximate surface area is 159 Å². The number of carbonyl (C=O) groups excluding carboxylic acids is 3. The van der Waals surface area contributed by atoms with Gasteiger partial charge < -0.3 is 10.1 Å². The smallest absolute Gasteiger partial charge is 0.307 e. The number of carbonyl (C=O) groups is 3. The van der Waals surface area contributed by atoms with Crippen LogP contribution in [0.15, 0.2) is 18.2 Å². The summed E-state index contributed by atoms with van der Waals surface area (Å²) < 4.78 is 32.1. The Morgan fingerprint density at radius 2 is 1.96 bits per heavy atom. The minimum Gasteiger partial charge on any atom is -0.453 e. The third-order valence-corrected chi connectivity index (χ3v) is 4.82. The molecule has 1 amide bonds. The number of amides is 1. The number of esters is 1. The fourth-order valence-corrected chi connectivity index (χ4v) is 3.32. The SMILES string of the molecule is C[C@H](OC(=O)C[C@@H]1C(=O)C[C@@H](C)[C@H]1C[N+](=O)[O-])C(=O)Nc1c(F)cccc1F. The normalized spacial score (nSPS) is 22.6. The van der Waals surface area contributed by atoms with Crippen LogP contribution in [0.1, 0.15) is 26.7 Å². The summed E-state index contributed by atoms with van der Waals surface area (Å²) in [6, 6.07) is 3.04. The van der Waals surface area contributed by atoms with Crippen LogP contribution in [0.2, 0.25) is 0 Å². The highest BCUT2D eigenvalue weighted by Gasteiger charge is 2.44. The molecule has 0 saturated heterocycles. The zero-order valence-corrected chi connectivity index (χ0v) is 15.3. The number of anilines is 1. The molecule has 8 nitrogen and oxygen atoms in total. The van der Waals surface area contributed by atoms with E-state index in [4.69, 9.17) is 4.74 Å². The molecule has 1 aliphatic carbocycles. The summed E-state index contributed by atoms with van der Waals surface area (Å²) in [4.78, 5) is 46.5. The fourth-order valence-electron chi connectivity index (χ4n) is 3.32. The van der Waals surface area contributed by atoms with E-state index in [1.54, 1.807) is 6.92 Å². The molecule has 1 N–H and O–H groups in total. The summed E-state index contributed by atoms with van der Waals surface area (Å²) in [6.45, 7) is 2.48. The zero-order valence-electron chi connectivity index (χ0n) is 15.3. The van der Waals surface area contributed by atoms with Crippen LogP contribution < -0.4 is 5.32 Å². The van der Waals surface area contributed by atoms with Crippen LogP contribution in [-0.2, 0) is 19.1 Å². The van der Waals surface area contributed by atoms with Crippen LogP contribution in [-0.4, -0.2) is 35.2 Å². The number of halogens is 2. The molecule has 1 fully saturated rings. The number of para-hydroxylation sites is 1. The van der Waals surface area contributed by atoms with Crippen LogP contribution in [0.3, 0.4) is 0 Å². The second-order valence-electron chi connectivity index (χ2n) is 6.86. The third-order valence-electron chi connectivity index (χ3n) is 4.82. The second kappa shape index (κ2) is 8.85. The van der Waals surface area contributed by atoms with Gasteiger partial charge in [-0.2, -0.15) is 0 Å². The lowest BCUT2D eigenvalue weighted by Crippen LogP contribution is -2.33. The van der Waals surface area contributed by atoms with Crippen molar-refractivity contribution < 1.29 is 32.8 Å². The van der Waals surface area contributed by atoms with Gasteiger partial charge in [-0.3, -0.25) is 24.5 Å². The van der Waals surface area contributed by atoms with Crippen LogP contribution in [0.25, 0.3) is 0 Å². The summed E-state index contributed by atoms with van der Waals surface area (Å²) in [5, 5.41) is 12.8. The zero-order chi connectivity index (χ0) is 21.0. The van der Waals surface area contributed by atoms with Gasteiger partial charge >= 0.3 is 5.97 Å². The highest BCUT2D eigenvalue weighted by molar-refractivity contribution is 5.95. The fraction of sp³-hybridized carbons (Fsp3) is 0.500. The van der Waals surface area contributed by atoms with Crippen molar-refractivity contribution in [1.82, 2.24) is 0 Å². The Morgan fingerprint density at radius 3 is 2.54 bits per heavy atom. The number of nitrogens with zero attached hydrogens (tertiary/aromatic N) is 1. The standard InChI is InChI=1S/C18H20F2N2O6/c1-9-6-15(23)11(12(9)8-22(26)27)7-16(24)28-10(2)18(25)21-17-13(19)4-3-5-14(17)20/h3-5,9-12H,6-8H2,1-2H3,(H,21,25)/t9-,10+,11+,12-/m1/s1.